The molecule has 0 aliphatic heterocycles. The molecule has 0 bridgehead atoms. The molecule has 0 saturated carbocycles. The first kappa shape index (κ1) is 18.7. The summed E-state index contributed by atoms with van der Waals surface area (Å²) in [7, 11) is 0. The Morgan fingerprint density at radius 2 is 2.00 bits per heavy atom. The molecule has 2 heterocycles. The first-order valence-corrected chi connectivity index (χ1v) is 9.27. The van der Waals surface area contributed by atoms with E-state index in [1.54, 1.807) is 36.4 Å². The van der Waals surface area contributed by atoms with Crippen molar-refractivity contribution >= 4 is 11.6 Å². The smallest absolute Gasteiger partial charge is 0.251 e. The Morgan fingerprint density at radius 1 is 1.14 bits per heavy atom. The number of pyridine rings is 1. The molecular formula is C23H20FN3O2. The van der Waals surface area contributed by atoms with Crippen molar-refractivity contribution in [3.63, 3.8) is 0 Å². The normalized spacial score (nSPS) is 10.8. The molecule has 0 aliphatic rings. The van der Waals surface area contributed by atoms with Gasteiger partial charge in [0, 0.05) is 30.1 Å². The lowest BCUT2D eigenvalue weighted by atomic mass is 10.2. The van der Waals surface area contributed by atoms with E-state index in [1.165, 1.54) is 6.07 Å². The molecule has 4 rings (SSSR count). The minimum Gasteiger partial charge on any atom is -0.489 e. The highest BCUT2D eigenvalue weighted by atomic mass is 19.1. The van der Waals surface area contributed by atoms with Crippen LogP contribution in [0.4, 0.5) is 4.39 Å². The average Bonchev–Trinajstić information content (AvgIpc) is 3.11. The van der Waals surface area contributed by atoms with Crippen LogP contribution >= 0.6 is 0 Å². The second kappa shape index (κ2) is 8.14. The van der Waals surface area contributed by atoms with Gasteiger partial charge in [-0.15, -0.1) is 0 Å². The maximum absolute atomic E-state index is 13.7. The molecule has 4 aromatic rings. The van der Waals surface area contributed by atoms with E-state index in [4.69, 9.17) is 4.74 Å². The largest absolute Gasteiger partial charge is 0.489 e. The number of carbonyl (C=O) groups excluding carboxylic acids is 1. The summed E-state index contributed by atoms with van der Waals surface area (Å²) in [5.41, 5.74) is 3.57. The number of ether oxygens (including phenoxy) is 1. The summed E-state index contributed by atoms with van der Waals surface area (Å²) in [6.45, 7) is 2.41. The molecule has 0 fully saturated rings. The Balaban J connectivity index is 1.38. The topological polar surface area (TPSA) is 55.6 Å². The zero-order valence-electron chi connectivity index (χ0n) is 15.9. The number of nitrogens with zero attached hydrogens (tertiary/aromatic N) is 2. The number of rotatable bonds is 6. The van der Waals surface area contributed by atoms with Crippen LogP contribution in [0.2, 0.25) is 0 Å². The van der Waals surface area contributed by atoms with Crippen LogP contribution in [0.15, 0.2) is 73.1 Å². The van der Waals surface area contributed by atoms with Crippen molar-refractivity contribution in [3.05, 3.63) is 101 Å². The standard InChI is InChI=1S/C23H20FN3O2/c1-16-14-27-10-9-18(12-22(27)26-16)23(28)25-13-17-5-4-7-20(11-17)29-15-19-6-2-3-8-21(19)24/h2-12,14H,13,15H2,1H3,(H,25,28). The molecule has 0 radical (unpaired) electrons. The molecule has 0 saturated heterocycles. The molecule has 0 aliphatic carbocycles. The van der Waals surface area contributed by atoms with Crippen molar-refractivity contribution in [1.29, 1.82) is 0 Å². The van der Waals surface area contributed by atoms with Gasteiger partial charge in [-0.3, -0.25) is 4.79 Å². The average molecular weight is 389 g/mol. The van der Waals surface area contributed by atoms with Crippen LogP contribution in [0.25, 0.3) is 5.65 Å². The number of fused-ring (bicyclic) bond motifs is 1. The number of amides is 1. The first-order chi connectivity index (χ1) is 14.1. The zero-order valence-corrected chi connectivity index (χ0v) is 15.9. The van der Waals surface area contributed by atoms with Crippen LogP contribution in [-0.2, 0) is 13.2 Å². The van der Waals surface area contributed by atoms with E-state index >= 15 is 0 Å². The van der Waals surface area contributed by atoms with Gasteiger partial charge in [0.25, 0.3) is 5.91 Å². The molecule has 6 heteroatoms. The van der Waals surface area contributed by atoms with Crippen LogP contribution < -0.4 is 10.1 Å². The van der Waals surface area contributed by atoms with Crippen molar-refractivity contribution in [2.45, 2.75) is 20.1 Å². The van der Waals surface area contributed by atoms with Gasteiger partial charge < -0.3 is 14.5 Å². The quantitative estimate of drug-likeness (QED) is 0.535. The van der Waals surface area contributed by atoms with Gasteiger partial charge in [0.15, 0.2) is 0 Å². The van der Waals surface area contributed by atoms with Gasteiger partial charge in [0.2, 0.25) is 0 Å². The van der Waals surface area contributed by atoms with Crippen molar-refractivity contribution in [1.82, 2.24) is 14.7 Å². The number of halogens is 1. The number of carbonyl (C=O) groups is 1. The Morgan fingerprint density at radius 3 is 2.86 bits per heavy atom. The molecule has 0 atom stereocenters. The monoisotopic (exact) mass is 389 g/mol. The highest BCUT2D eigenvalue weighted by molar-refractivity contribution is 5.95. The van der Waals surface area contributed by atoms with Crippen LogP contribution in [0.1, 0.15) is 27.2 Å². The lowest BCUT2D eigenvalue weighted by molar-refractivity contribution is 0.0951. The fraction of sp³-hybridized carbons (Fsp3) is 0.130. The molecule has 146 valence electrons. The number of imidazole rings is 1. The zero-order chi connectivity index (χ0) is 20.2. The fourth-order valence-electron chi connectivity index (χ4n) is 3.06. The minimum absolute atomic E-state index is 0.145. The van der Waals surface area contributed by atoms with Crippen molar-refractivity contribution < 1.29 is 13.9 Å². The maximum atomic E-state index is 13.7. The predicted molar refractivity (Wildman–Crippen MR) is 108 cm³/mol. The number of aromatic nitrogens is 2. The van der Waals surface area contributed by atoms with E-state index in [-0.39, 0.29) is 18.3 Å². The van der Waals surface area contributed by atoms with E-state index < -0.39 is 0 Å². The Hall–Kier alpha value is -3.67. The Kier molecular flexibility index (Phi) is 5.24. The summed E-state index contributed by atoms with van der Waals surface area (Å²) in [5, 5.41) is 2.91. The summed E-state index contributed by atoms with van der Waals surface area (Å²) in [6, 6.07) is 17.4. The third kappa shape index (κ3) is 4.43. The molecule has 1 amide bonds. The van der Waals surface area contributed by atoms with Crippen LogP contribution in [0, 0.1) is 12.7 Å². The second-order valence-corrected chi connectivity index (χ2v) is 6.77. The van der Waals surface area contributed by atoms with Crippen molar-refractivity contribution in [2.24, 2.45) is 0 Å². The number of aryl methyl sites for hydroxylation is 1. The van der Waals surface area contributed by atoms with Gasteiger partial charge in [0.05, 0.1) is 5.69 Å². The lowest BCUT2D eigenvalue weighted by Gasteiger charge is -2.10. The number of nitrogens with one attached hydrogen (secondary N) is 1. The van der Waals surface area contributed by atoms with Gasteiger partial charge in [-0.1, -0.05) is 30.3 Å². The van der Waals surface area contributed by atoms with Gasteiger partial charge >= 0.3 is 0 Å². The molecule has 1 N–H and O–H groups in total. The second-order valence-electron chi connectivity index (χ2n) is 6.77. The number of benzene rings is 2. The van der Waals surface area contributed by atoms with Crippen molar-refractivity contribution in [2.75, 3.05) is 0 Å². The van der Waals surface area contributed by atoms with E-state index in [1.807, 2.05) is 41.9 Å². The molecule has 5 nitrogen and oxygen atoms in total. The maximum Gasteiger partial charge on any atom is 0.251 e. The van der Waals surface area contributed by atoms with E-state index in [0.29, 0.717) is 23.4 Å². The van der Waals surface area contributed by atoms with E-state index in [9.17, 15) is 9.18 Å². The van der Waals surface area contributed by atoms with Crippen LogP contribution in [0.3, 0.4) is 0 Å². The summed E-state index contributed by atoms with van der Waals surface area (Å²) >= 11 is 0. The third-order valence-electron chi connectivity index (χ3n) is 4.55. The predicted octanol–water partition coefficient (Wildman–Crippen LogP) is 4.29. The van der Waals surface area contributed by atoms with Crippen molar-refractivity contribution in [3.8, 4) is 5.75 Å². The summed E-state index contributed by atoms with van der Waals surface area (Å²) in [4.78, 5) is 16.9. The summed E-state index contributed by atoms with van der Waals surface area (Å²) in [5.74, 6) is 0.153. The van der Waals surface area contributed by atoms with Gasteiger partial charge in [-0.2, -0.15) is 0 Å². The van der Waals surface area contributed by atoms with Gasteiger partial charge in [0.1, 0.15) is 23.8 Å². The number of hydrogen-bond acceptors (Lipinski definition) is 3. The Bertz CT molecular complexity index is 1170. The lowest BCUT2D eigenvalue weighted by Crippen LogP contribution is -2.22. The van der Waals surface area contributed by atoms with Crippen LogP contribution in [0.5, 0.6) is 5.75 Å². The SMILES string of the molecule is Cc1cn2ccc(C(=O)NCc3cccc(OCc4ccccc4F)c3)cc2n1. The molecular weight excluding hydrogens is 369 g/mol. The number of hydrogen-bond donors (Lipinski definition) is 1. The highest BCUT2D eigenvalue weighted by Gasteiger charge is 2.08. The fourth-order valence-corrected chi connectivity index (χ4v) is 3.06. The molecule has 0 unspecified atom stereocenters. The molecule has 0 spiro atoms. The Labute approximate surface area is 167 Å². The van der Waals surface area contributed by atoms with Gasteiger partial charge in [-0.25, -0.2) is 9.37 Å². The minimum atomic E-state index is -0.291. The van der Waals surface area contributed by atoms with E-state index in [0.717, 1.165) is 16.9 Å². The van der Waals surface area contributed by atoms with Gasteiger partial charge in [-0.05, 0) is 42.8 Å². The molecule has 29 heavy (non-hydrogen) atoms. The van der Waals surface area contributed by atoms with E-state index in [2.05, 4.69) is 10.3 Å². The third-order valence-corrected chi connectivity index (χ3v) is 4.55. The summed E-state index contributed by atoms with van der Waals surface area (Å²) < 4.78 is 21.3. The first-order valence-electron chi connectivity index (χ1n) is 9.27. The highest BCUT2D eigenvalue weighted by Crippen LogP contribution is 2.17. The summed E-state index contributed by atoms with van der Waals surface area (Å²) in [6.07, 6.45) is 3.73. The molecule has 2 aromatic carbocycles. The van der Waals surface area contributed by atoms with Crippen LogP contribution in [-0.4, -0.2) is 15.3 Å². The molecule has 2 aromatic heterocycles.